The predicted molar refractivity (Wildman–Crippen MR) is 76.3 cm³/mol. The van der Waals surface area contributed by atoms with Crippen molar-refractivity contribution in [2.45, 2.75) is 6.92 Å². The number of allylic oxidation sites excluding steroid dienone is 4. The van der Waals surface area contributed by atoms with Crippen LogP contribution in [0, 0.1) is 5.82 Å². The maximum atomic E-state index is 13.9. The summed E-state index contributed by atoms with van der Waals surface area (Å²) >= 11 is 0. The van der Waals surface area contributed by atoms with Crippen molar-refractivity contribution in [1.29, 1.82) is 0 Å². The van der Waals surface area contributed by atoms with Crippen LogP contribution in [0.3, 0.4) is 0 Å². The van der Waals surface area contributed by atoms with E-state index in [1.807, 2.05) is 0 Å². The topological polar surface area (TPSA) is 29.3 Å². The number of nitrogens with zero attached hydrogens (tertiary/aromatic N) is 1. The summed E-state index contributed by atoms with van der Waals surface area (Å²) in [4.78, 5) is 0. The van der Waals surface area contributed by atoms with Gasteiger partial charge in [0.2, 0.25) is 0 Å². The molecule has 0 aromatic heterocycles. The lowest BCUT2D eigenvalue weighted by atomic mass is 10.0. The van der Waals surface area contributed by atoms with Gasteiger partial charge in [0, 0.05) is 11.8 Å². The Morgan fingerprint density at radius 1 is 1.39 bits per heavy atom. The van der Waals surface area contributed by atoms with E-state index in [9.17, 15) is 4.39 Å². The molecule has 0 aliphatic rings. The van der Waals surface area contributed by atoms with E-state index in [2.05, 4.69) is 19.7 Å². The molecule has 0 heterocycles. The largest absolute Gasteiger partial charge is 0.287 e. The lowest BCUT2D eigenvalue weighted by molar-refractivity contribution is 0.624. The third-order valence-electron chi connectivity index (χ3n) is 2.47. The van der Waals surface area contributed by atoms with Crippen LogP contribution in [0.5, 0.6) is 0 Å². The summed E-state index contributed by atoms with van der Waals surface area (Å²) in [5.41, 5.74) is 2.30. The molecule has 1 aromatic carbocycles. The summed E-state index contributed by atoms with van der Waals surface area (Å²) in [5.74, 6) is 5.36. The molecule has 0 amide bonds. The molecule has 0 spiro atoms. The summed E-state index contributed by atoms with van der Waals surface area (Å²) in [5, 5.41) is 1.32. The van der Waals surface area contributed by atoms with Crippen LogP contribution in [0.15, 0.2) is 61.9 Å². The minimum atomic E-state index is -0.372. The van der Waals surface area contributed by atoms with E-state index in [0.29, 0.717) is 16.8 Å². The second kappa shape index (κ2) is 5.98. The standard InChI is InChI=1S/C15H17FN2/c1-5-6-9-18(17)13-7-8-14(15(16)10-13)12(4)11(2)3/h5-10H,1-2,4,17H2,3H3/b9-6-. The Bertz CT molecular complexity index is 515. The van der Waals surface area contributed by atoms with Crippen LogP contribution in [0.1, 0.15) is 12.5 Å². The second-order valence-corrected chi connectivity index (χ2v) is 3.91. The van der Waals surface area contributed by atoms with Gasteiger partial charge in [0.25, 0.3) is 0 Å². The predicted octanol–water partition coefficient (Wildman–Crippen LogP) is 3.79. The van der Waals surface area contributed by atoms with Crippen LogP contribution in [-0.4, -0.2) is 0 Å². The Hall–Kier alpha value is -2.13. The quantitative estimate of drug-likeness (QED) is 0.485. The number of hydrazine groups is 1. The smallest absolute Gasteiger partial charge is 0.133 e. The Morgan fingerprint density at radius 2 is 2.06 bits per heavy atom. The van der Waals surface area contributed by atoms with Crippen molar-refractivity contribution in [3.8, 4) is 0 Å². The van der Waals surface area contributed by atoms with E-state index in [-0.39, 0.29) is 5.82 Å². The number of benzene rings is 1. The molecule has 0 radical (unpaired) electrons. The Kier molecular flexibility index (Phi) is 4.63. The minimum absolute atomic E-state index is 0.372. The molecule has 3 heteroatoms. The molecule has 0 aliphatic carbocycles. The highest BCUT2D eigenvalue weighted by Crippen LogP contribution is 2.25. The first-order chi connectivity index (χ1) is 8.47. The average Bonchev–Trinajstić information content (AvgIpc) is 2.34. The Morgan fingerprint density at radius 3 is 2.56 bits per heavy atom. The van der Waals surface area contributed by atoms with Gasteiger partial charge in [0.15, 0.2) is 0 Å². The van der Waals surface area contributed by atoms with Crippen LogP contribution >= 0.6 is 0 Å². The number of anilines is 1. The summed E-state index contributed by atoms with van der Waals surface area (Å²) < 4.78 is 13.9. The summed E-state index contributed by atoms with van der Waals surface area (Å²) in [7, 11) is 0. The van der Waals surface area contributed by atoms with Gasteiger partial charge >= 0.3 is 0 Å². The van der Waals surface area contributed by atoms with Gasteiger partial charge in [-0.3, -0.25) is 5.01 Å². The van der Waals surface area contributed by atoms with E-state index in [4.69, 9.17) is 5.84 Å². The third-order valence-corrected chi connectivity index (χ3v) is 2.47. The minimum Gasteiger partial charge on any atom is -0.287 e. The molecular weight excluding hydrogens is 227 g/mol. The van der Waals surface area contributed by atoms with Gasteiger partial charge in [-0.2, -0.15) is 0 Å². The second-order valence-electron chi connectivity index (χ2n) is 3.91. The Labute approximate surface area is 107 Å². The number of hydrogen-bond donors (Lipinski definition) is 1. The fourth-order valence-electron chi connectivity index (χ4n) is 1.38. The van der Waals surface area contributed by atoms with E-state index in [1.165, 1.54) is 11.1 Å². The van der Waals surface area contributed by atoms with Gasteiger partial charge < -0.3 is 0 Å². The number of halogens is 1. The Balaban J connectivity index is 3.06. The molecular formula is C15H17FN2. The highest BCUT2D eigenvalue weighted by atomic mass is 19.1. The van der Waals surface area contributed by atoms with Crippen LogP contribution in [0.25, 0.3) is 5.57 Å². The first-order valence-corrected chi connectivity index (χ1v) is 5.45. The van der Waals surface area contributed by atoms with Crippen molar-refractivity contribution in [3.05, 3.63) is 73.2 Å². The van der Waals surface area contributed by atoms with Crippen molar-refractivity contribution in [2.75, 3.05) is 5.01 Å². The normalized spacial score (nSPS) is 10.4. The molecule has 0 fully saturated rings. The zero-order valence-electron chi connectivity index (χ0n) is 10.5. The molecule has 1 rings (SSSR count). The molecule has 0 unspecified atom stereocenters. The summed E-state index contributed by atoms with van der Waals surface area (Å²) in [6.45, 7) is 12.9. The zero-order valence-corrected chi connectivity index (χ0v) is 10.5. The molecule has 0 bridgehead atoms. The van der Waals surface area contributed by atoms with Crippen LogP contribution in [-0.2, 0) is 0 Å². The maximum Gasteiger partial charge on any atom is 0.133 e. The molecule has 94 valence electrons. The molecule has 2 nitrogen and oxygen atoms in total. The molecule has 0 saturated carbocycles. The van der Waals surface area contributed by atoms with Crippen LogP contribution in [0.2, 0.25) is 0 Å². The van der Waals surface area contributed by atoms with E-state index in [1.54, 1.807) is 37.4 Å². The fraction of sp³-hybridized carbons (Fsp3) is 0.0667. The zero-order chi connectivity index (χ0) is 13.7. The highest BCUT2D eigenvalue weighted by Gasteiger charge is 2.09. The van der Waals surface area contributed by atoms with Crippen molar-refractivity contribution in [1.82, 2.24) is 0 Å². The average molecular weight is 244 g/mol. The molecule has 0 aliphatic heterocycles. The van der Waals surface area contributed by atoms with Crippen molar-refractivity contribution < 1.29 is 4.39 Å². The molecule has 18 heavy (non-hydrogen) atoms. The van der Waals surface area contributed by atoms with Crippen molar-refractivity contribution >= 4 is 11.3 Å². The van der Waals surface area contributed by atoms with E-state index in [0.717, 1.165) is 5.57 Å². The number of hydrogen-bond acceptors (Lipinski definition) is 2. The first kappa shape index (κ1) is 13.9. The summed E-state index contributed by atoms with van der Waals surface area (Å²) in [6, 6.07) is 4.72. The first-order valence-electron chi connectivity index (χ1n) is 5.45. The third kappa shape index (κ3) is 3.18. The highest BCUT2D eigenvalue weighted by molar-refractivity contribution is 5.77. The summed E-state index contributed by atoms with van der Waals surface area (Å²) in [6.07, 6.45) is 4.85. The SMILES string of the molecule is C=C/C=C\N(N)c1ccc(C(=C)C(=C)C)c(F)c1. The van der Waals surface area contributed by atoms with Gasteiger partial charge in [0.1, 0.15) is 5.82 Å². The fourth-order valence-corrected chi connectivity index (χ4v) is 1.38. The number of nitrogens with two attached hydrogens (primary N) is 1. The van der Waals surface area contributed by atoms with Gasteiger partial charge in [-0.1, -0.05) is 31.4 Å². The van der Waals surface area contributed by atoms with Crippen molar-refractivity contribution in [3.63, 3.8) is 0 Å². The van der Waals surface area contributed by atoms with Gasteiger partial charge in [-0.25, -0.2) is 10.2 Å². The molecule has 0 saturated heterocycles. The van der Waals surface area contributed by atoms with Gasteiger partial charge in [0.05, 0.1) is 5.69 Å². The lowest BCUT2D eigenvalue weighted by Crippen LogP contribution is -2.24. The van der Waals surface area contributed by atoms with E-state index < -0.39 is 0 Å². The van der Waals surface area contributed by atoms with E-state index >= 15 is 0 Å². The lowest BCUT2D eigenvalue weighted by Gasteiger charge is -2.15. The molecule has 0 atom stereocenters. The van der Waals surface area contributed by atoms with Gasteiger partial charge in [-0.05, 0) is 36.8 Å². The van der Waals surface area contributed by atoms with Crippen molar-refractivity contribution in [2.24, 2.45) is 5.84 Å². The molecule has 1 aromatic rings. The van der Waals surface area contributed by atoms with Gasteiger partial charge in [-0.15, -0.1) is 0 Å². The van der Waals surface area contributed by atoms with Crippen LogP contribution in [0.4, 0.5) is 10.1 Å². The molecule has 2 N–H and O–H groups in total. The number of rotatable bonds is 5. The monoisotopic (exact) mass is 244 g/mol. The van der Waals surface area contributed by atoms with Crippen LogP contribution < -0.4 is 10.9 Å². The maximum absolute atomic E-state index is 13.9.